The topological polar surface area (TPSA) is 73.8 Å². The Labute approximate surface area is 172 Å². The summed E-state index contributed by atoms with van der Waals surface area (Å²) in [5.41, 5.74) is 0.755. The van der Waals surface area contributed by atoms with Crippen LogP contribution in [0.5, 0.6) is 0 Å². The molecule has 0 atom stereocenters. The van der Waals surface area contributed by atoms with Gasteiger partial charge in [-0.25, -0.2) is 4.39 Å². The fraction of sp³-hybridized carbons (Fsp3) is 0.286. The molecule has 2 heterocycles. The van der Waals surface area contributed by atoms with Gasteiger partial charge in [-0.15, -0.1) is 0 Å². The number of benzene rings is 2. The lowest BCUT2D eigenvalue weighted by Gasteiger charge is -2.36. The number of rotatable bonds is 4. The summed E-state index contributed by atoms with van der Waals surface area (Å²) in [6, 6.07) is 12.8. The van der Waals surface area contributed by atoms with Crippen molar-refractivity contribution in [3.05, 3.63) is 64.9 Å². The molecule has 0 radical (unpaired) electrons. The minimum Gasteiger partial charge on any atom is -0.326 e. The van der Waals surface area contributed by atoms with Crippen LogP contribution >= 0.6 is 11.6 Å². The molecule has 0 bridgehead atoms. The Hall–Kier alpha value is -2.77. The summed E-state index contributed by atoms with van der Waals surface area (Å²) >= 11 is 5.85. The number of hydrogen-bond acceptors (Lipinski definition) is 4. The quantitative estimate of drug-likeness (QED) is 0.808. The van der Waals surface area contributed by atoms with Gasteiger partial charge in [-0.2, -0.15) is 0 Å². The van der Waals surface area contributed by atoms with Gasteiger partial charge in [0.25, 0.3) is 5.91 Å². The van der Waals surface area contributed by atoms with E-state index in [2.05, 4.69) is 15.6 Å². The third-order valence-corrected chi connectivity index (χ3v) is 5.42. The number of nitrogens with one attached hydrogen (secondary N) is 2. The van der Waals surface area contributed by atoms with E-state index in [9.17, 15) is 14.0 Å². The van der Waals surface area contributed by atoms with Gasteiger partial charge >= 0.3 is 0 Å². The Bertz CT molecular complexity index is 969. The fourth-order valence-corrected chi connectivity index (χ4v) is 3.78. The van der Waals surface area contributed by atoms with Gasteiger partial charge in [0.05, 0.1) is 6.54 Å². The van der Waals surface area contributed by atoms with E-state index in [1.165, 1.54) is 12.1 Å². The van der Waals surface area contributed by atoms with E-state index in [4.69, 9.17) is 11.6 Å². The van der Waals surface area contributed by atoms with Crippen LogP contribution in [0.25, 0.3) is 0 Å². The van der Waals surface area contributed by atoms with Gasteiger partial charge in [-0.3, -0.25) is 19.5 Å². The minimum atomic E-state index is -0.679. The van der Waals surface area contributed by atoms with E-state index in [1.807, 2.05) is 4.90 Å². The normalized spacial score (nSPS) is 18.4. The molecule has 29 heavy (non-hydrogen) atoms. The van der Waals surface area contributed by atoms with Crippen LogP contribution in [-0.2, 0) is 9.59 Å². The summed E-state index contributed by atoms with van der Waals surface area (Å²) in [5, 5.41) is 6.41. The Balaban J connectivity index is 1.36. The summed E-state index contributed by atoms with van der Waals surface area (Å²) in [7, 11) is 0. The molecule has 0 saturated carbocycles. The van der Waals surface area contributed by atoms with Crippen molar-refractivity contribution < 1.29 is 14.0 Å². The summed E-state index contributed by atoms with van der Waals surface area (Å²) < 4.78 is 13.5. The molecule has 1 fully saturated rings. The minimum absolute atomic E-state index is 0.109. The molecule has 6 nitrogen and oxygen atoms in total. The molecule has 0 aliphatic carbocycles. The highest BCUT2D eigenvalue weighted by Gasteiger charge is 2.42. The number of amides is 2. The average Bonchev–Trinajstić information content (AvgIpc) is 3.02. The molecule has 2 amide bonds. The van der Waals surface area contributed by atoms with Crippen LogP contribution in [0.1, 0.15) is 18.4 Å². The van der Waals surface area contributed by atoms with Gasteiger partial charge in [-0.1, -0.05) is 23.7 Å². The van der Waals surface area contributed by atoms with Crippen molar-refractivity contribution in [3.63, 3.8) is 0 Å². The number of hydrogen-bond donors (Lipinski definition) is 2. The molecule has 2 aromatic carbocycles. The second-order valence-corrected chi connectivity index (χ2v) is 7.72. The van der Waals surface area contributed by atoms with E-state index < -0.39 is 11.5 Å². The first kappa shape index (κ1) is 19.5. The summed E-state index contributed by atoms with van der Waals surface area (Å²) in [6.07, 6.45) is 1.18. The van der Waals surface area contributed by atoms with Crippen LogP contribution < -0.4 is 10.6 Å². The second-order valence-electron chi connectivity index (χ2n) is 7.29. The number of carbonyl (C=O) groups is 2. The van der Waals surface area contributed by atoms with Gasteiger partial charge in [0.2, 0.25) is 5.91 Å². The zero-order chi connectivity index (χ0) is 20.4. The molecule has 0 aromatic heterocycles. The van der Waals surface area contributed by atoms with Crippen molar-refractivity contribution in [1.29, 1.82) is 0 Å². The molecule has 0 unspecified atom stereocenters. The standard InChI is InChI=1S/C21H20ClFN4O2/c22-15-4-6-17(7-5-15)24-18(28)13-27-10-8-21(9-11-27)25-19(20(29)26-21)14-2-1-3-16(23)12-14/h1-7,12H,8-11,13H2,(H,24,28)(H,26,29). The number of nitrogens with zero attached hydrogens (tertiary/aromatic N) is 2. The van der Waals surface area contributed by atoms with Gasteiger partial charge in [0, 0.05) is 42.2 Å². The Morgan fingerprint density at radius 1 is 1.21 bits per heavy atom. The lowest BCUT2D eigenvalue weighted by molar-refractivity contribution is -0.119. The Morgan fingerprint density at radius 3 is 2.62 bits per heavy atom. The molecule has 2 aliphatic rings. The number of piperidine rings is 1. The van der Waals surface area contributed by atoms with Crippen molar-refractivity contribution in [2.45, 2.75) is 18.5 Å². The third kappa shape index (κ3) is 4.46. The molecule has 1 saturated heterocycles. The highest BCUT2D eigenvalue weighted by molar-refractivity contribution is 6.46. The third-order valence-electron chi connectivity index (χ3n) is 5.16. The van der Waals surface area contributed by atoms with Crippen molar-refractivity contribution >= 4 is 34.8 Å². The maximum atomic E-state index is 13.5. The zero-order valence-electron chi connectivity index (χ0n) is 15.6. The number of anilines is 1. The Kier molecular flexibility index (Phi) is 5.34. The predicted molar refractivity (Wildman–Crippen MR) is 110 cm³/mol. The van der Waals surface area contributed by atoms with Gasteiger partial charge in [0.1, 0.15) is 17.2 Å². The molecule has 2 aromatic rings. The Morgan fingerprint density at radius 2 is 1.93 bits per heavy atom. The monoisotopic (exact) mass is 414 g/mol. The van der Waals surface area contributed by atoms with Gasteiger partial charge in [-0.05, 0) is 36.4 Å². The number of carbonyl (C=O) groups excluding carboxylic acids is 2. The first-order chi connectivity index (χ1) is 13.9. The van der Waals surface area contributed by atoms with Crippen molar-refractivity contribution in [2.24, 2.45) is 4.99 Å². The zero-order valence-corrected chi connectivity index (χ0v) is 16.4. The largest absolute Gasteiger partial charge is 0.326 e. The molecule has 8 heteroatoms. The smallest absolute Gasteiger partial charge is 0.272 e. The van der Waals surface area contributed by atoms with Crippen LogP contribution in [0.4, 0.5) is 10.1 Å². The molecule has 2 aliphatic heterocycles. The lowest BCUT2D eigenvalue weighted by Crippen LogP contribution is -2.52. The SMILES string of the molecule is O=C(CN1CCC2(CC1)N=C(c1cccc(F)c1)C(=O)N2)Nc1ccc(Cl)cc1. The van der Waals surface area contributed by atoms with Crippen molar-refractivity contribution in [2.75, 3.05) is 25.0 Å². The van der Waals surface area contributed by atoms with Gasteiger partial charge < -0.3 is 10.6 Å². The van der Waals surface area contributed by atoms with Crippen LogP contribution in [0, 0.1) is 5.82 Å². The highest BCUT2D eigenvalue weighted by Crippen LogP contribution is 2.29. The van der Waals surface area contributed by atoms with Crippen molar-refractivity contribution in [1.82, 2.24) is 10.2 Å². The maximum absolute atomic E-state index is 13.5. The van der Waals surface area contributed by atoms with Crippen LogP contribution in [-0.4, -0.2) is 47.7 Å². The summed E-state index contributed by atoms with van der Waals surface area (Å²) in [4.78, 5) is 31.3. The van der Waals surface area contributed by atoms with E-state index >= 15 is 0 Å². The van der Waals surface area contributed by atoms with E-state index in [1.54, 1.807) is 36.4 Å². The number of halogens is 2. The van der Waals surface area contributed by atoms with Crippen LogP contribution in [0.3, 0.4) is 0 Å². The average molecular weight is 415 g/mol. The number of aliphatic imine (C=N–C) groups is 1. The van der Waals surface area contributed by atoms with E-state index in [-0.39, 0.29) is 24.1 Å². The highest BCUT2D eigenvalue weighted by atomic mass is 35.5. The molecule has 1 spiro atoms. The van der Waals surface area contributed by atoms with Crippen molar-refractivity contribution in [3.8, 4) is 0 Å². The van der Waals surface area contributed by atoms with Gasteiger partial charge in [0.15, 0.2) is 0 Å². The predicted octanol–water partition coefficient (Wildman–Crippen LogP) is 2.83. The summed E-state index contributed by atoms with van der Waals surface area (Å²) in [5.74, 6) is -0.798. The molecule has 4 rings (SSSR count). The van der Waals surface area contributed by atoms with E-state index in [0.717, 1.165) is 0 Å². The molecule has 2 N–H and O–H groups in total. The first-order valence-electron chi connectivity index (χ1n) is 9.39. The fourth-order valence-electron chi connectivity index (χ4n) is 3.65. The second kappa shape index (κ2) is 7.93. The lowest BCUT2D eigenvalue weighted by atomic mass is 9.98. The number of likely N-dealkylation sites (tertiary alicyclic amines) is 1. The molecular formula is C21H20ClFN4O2. The summed E-state index contributed by atoms with van der Waals surface area (Å²) in [6.45, 7) is 1.50. The molecule has 150 valence electrons. The first-order valence-corrected chi connectivity index (χ1v) is 9.76. The van der Waals surface area contributed by atoms with E-state index in [0.29, 0.717) is 42.2 Å². The maximum Gasteiger partial charge on any atom is 0.272 e. The molecular weight excluding hydrogens is 395 g/mol. The van der Waals surface area contributed by atoms with Crippen LogP contribution in [0.2, 0.25) is 5.02 Å². The van der Waals surface area contributed by atoms with Crippen LogP contribution in [0.15, 0.2) is 53.5 Å².